The third-order valence-corrected chi connectivity index (χ3v) is 6.30. The van der Waals surface area contributed by atoms with Crippen LogP contribution < -0.4 is 14.4 Å². The highest BCUT2D eigenvalue weighted by Gasteiger charge is 2.58. The summed E-state index contributed by atoms with van der Waals surface area (Å²) in [6, 6.07) is 10.1. The van der Waals surface area contributed by atoms with Crippen LogP contribution >= 0.6 is 0 Å². The maximum absolute atomic E-state index is 14.0. The molecule has 1 aliphatic heterocycles. The minimum absolute atomic E-state index is 0.0246. The predicted molar refractivity (Wildman–Crippen MR) is 131 cm³/mol. The molecule has 0 spiro atoms. The molecule has 2 atom stereocenters. The monoisotopic (exact) mass is 531 g/mol. The summed E-state index contributed by atoms with van der Waals surface area (Å²) in [6.45, 7) is 4.47. The van der Waals surface area contributed by atoms with Gasteiger partial charge in [-0.3, -0.25) is 9.78 Å². The smallest absolute Gasteiger partial charge is 0.428 e. The Labute approximate surface area is 216 Å². The number of carbonyl (C=O) groups excluding carboxylic acids is 1. The SMILES string of the molecule is C=C(F)C(O)(c1ccc2c(c1)CC[C@H](Oc1cccc(OC)c1)CN2C(=O)c1cnc(C)cn1)C(F)(F)F. The lowest BCUT2D eigenvalue weighted by Crippen LogP contribution is -2.43. The van der Waals surface area contributed by atoms with E-state index in [1.807, 2.05) is 0 Å². The number of carbonyl (C=O) groups is 1. The van der Waals surface area contributed by atoms with Crippen molar-refractivity contribution in [1.29, 1.82) is 0 Å². The fourth-order valence-corrected chi connectivity index (χ4v) is 4.25. The van der Waals surface area contributed by atoms with Crippen LogP contribution in [-0.4, -0.2) is 46.9 Å². The lowest BCUT2D eigenvalue weighted by atomic mass is 9.89. The molecule has 2 heterocycles. The first-order chi connectivity index (χ1) is 17.9. The molecular formula is C27H25F4N3O4. The highest BCUT2D eigenvalue weighted by molar-refractivity contribution is 6.05. The Balaban J connectivity index is 1.76. The van der Waals surface area contributed by atoms with E-state index < -0.39 is 35.2 Å². The van der Waals surface area contributed by atoms with Crippen LogP contribution in [0.1, 0.15) is 33.7 Å². The van der Waals surface area contributed by atoms with Crippen LogP contribution in [0.5, 0.6) is 11.5 Å². The molecule has 4 rings (SSSR count). The molecular weight excluding hydrogens is 506 g/mol. The van der Waals surface area contributed by atoms with Crippen LogP contribution in [-0.2, 0) is 12.0 Å². The van der Waals surface area contributed by atoms with E-state index in [4.69, 9.17) is 9.47 Å². The third-order valence-electron chi connectivity index (χ3n) is 6.30. The third kappa shape index (κ3) is 5.19. The molecule has 0 saturated heterocycles. The molecule has 1 aliphatic rings. The number of benzene rings is 2. The van der Waals surface area contributed by atoms with Gasteiger partial charge < -0.3 is 19.5 Å². The zero-order chi connectivity index (χ0) is 27.7. The molecule has 1 aromatic heterocycles. The van der Waals surface area contributed by atoms with Crippen molar-refractivity contribution in [3.05, 3.63) is 89.8 Å². The van der Waals surface area contributed by atoms with E-state index in [1.165, 1.54) is 30.5 Å². The Morgan fingerprint density at radius 2 is 1.87 bits per heavy atom. The zero-order valence-electron chi connectivity index (χ0n) is 20.6. The minimum Gasteiger partial charge on any atom is -0.497 e. The maximum Gasteiger partial charge on any atom is 0.428 e. The summed E-state index contributed by atoms with van der Waals surface area (Å²) in [6.07, 6.45) is -2.72. The van der Waals surface area contributed by atoms with E-state index in [-0.39, 0.29) is 29.9 Å². The van der Waals surface area contributed by atoms with Gasteiger partial charge in [0.25, 0.3) is 5.91 Å². The van der Waals surface area contributed by atoms with Gasteiger partial charge in [-0.1, -0.05) is 24.8 Å². The van der Waals surface area contributed by atoms with Crippen molar-refractivity contribution in [2.75, 3.05) is 18.6 Å². The number of nitrogens with zero attached hydrogens (tertiary/aromatic N) is 3. The topological polar surface area (TPSA) is 84.8 Å². The second kappa shape index (κ2) is 10.4. The molecule has 38 heavy (non-hydrogen) atoms. The Kier molecular flexibility index (Phi) is 7.41. The van der Waals surface area contributed by atoms with E-state index in [0.717, 1.165) is 12.1 Å². The van der Waals surface area contributed by atoms with Crippen LogP contribution in [0.25, 0.3) is 0 Å². The van der Waals surface area contributed by atoms with Crippen molar-refractivity contribution in [1.82, 2.24) is 9.97 Å². The van der Waals surface area contributed by atoms with Gasteiger partial charge in [-0.25, -0.2) is 9.37 Å². The number of aliphatic hydroxyl groups is 1. The van der Waals surface area contributed by atoms with E-state index >= 15 is 0 Å². The Hall–Kier alpha value is -3.99. The van der Waals surface area contributed by atoms with Gasteiger partial charge in [-0.2, -0.15) is 13.2 Å². The average Bonchev–Trinajstić information content (AvgIpc) is 3.06. The van der Waals surface area contributed by atoms with Crippen molar-refractivity contribution < 1.29 is 36.9 Å². The summed E-state index contributed by atoms with van der Waals surface area (Å²) in [7, 11) is 1.51. The van der Waals surface area contributed by atoms with Crippen molar-refractivity contribution in [3.8, 4) is 11.5 Å². The van der Waals surface area contributed by atoms with Gasteiger partial charge >= 0.3 is 6.18 Å². The molecule has 0 fully saturated rings. The summed E-state index contributed by atoms with van der Waals surface area (Å²) in [4.78, 5) is 23.1. The minimum atomic E-state index is -5.36. The van der Waals surface area contributed by atoms with Crippen molar-refractivity contribution >= 4 is 11.6 Å². The lowest BCUT2D eigenvalue weighted by molar-refractivity contribution is -0.255. The normalized spacial score (nSPS) is 17.1. The zero-order valence-corrected chi connectivity index (χ0v) is 20.6. The van der Waals surface area contributed by atoms with Crippen LogP contribution in [0.4, 0.5) is 23.2 Å². The number of amides is 1. The molecule has 0 aliphatic carbocycles. The van der Waals surface area contributed by atoms with Crippen LogP contribution in [0.15, 0.2) is 67.3 Å². The maximum atomic E-state index is 14.0. The molecule has 1 amide bonds. The van der Waals surface area contributed by atoms with Crippen molar-refractivity contribution in [2.45, 2.75) is 37.6 Å². The molecule has 2 aromatic carbocycles. The van der Waals surface area contributed by atoms with Gasteiger partial charge in [0.1, 0.15) is 29.1 Å². The number of rotatable bonds is 6. The number of hydrogen-bond donors (Lipinski definition) is 1. The second-order valence-electron chi connectivity index (χ2n) is 8.87. The summed E-state index contributed by atoms with van der Waals surface area (Å²) in [5.41, 5.74) is -3.45. The van der Waals surface area contributed by atoms with Gasteiger partial charge in [0.15, 0.2) is 0 Å². The molecule has 11 heteroatoms. The van der Waals surface area contributed by atoms with Gasteiger partial charge in [0.05, 0.1) is 25.5 Å². The molecule has 1 N–H and O–H groups in total. The number of methoxy groups -OCH3 is 1. The number of hydrogen-bond acceptors (Lipinski definition) is 6. The fourth-order valence-electron chi connectivity index (χ4n) is 4.25. The first-order valence-electron chi connectivity index (χ1n) is 11.6. The number of halogens is 4. The number of aromatic nitrogens is 2. The predicted octanol–water partition coefficient (Wildman–Crippen LogP) is 5.07. The second-order valence-corrected chi connectivity index (χ2v) is 8.87. The van der Waals surface area contributed by atoms with E-state index in [0.29, 0.717) is 23.6 Å². The highest BCUT2D eigenvalue weighted by Crippen LogP contribution is 2.45. The first-order valence-corrected chi connectivity index (χ1v) is 11.6. The molecule has 200 valence electrons. The van der Waals surface area contributed by atoms with Crippen LogP contribution in [0, 0.1) is 6.92 Å². The Bertz CT molecular complexity index is 1350. The average molecular weight is 532 g/mol. The first kappa shape index (κ1) is 27.1. The van der Waals surface area contributed by atoms with E-state index in [9.17, 15) is 27.5 Å². The van der Waals surface area contributed by atoms with Crippen LogP contribution in [0.2, 0.25) is 0 Å². The quantitative estimate of drug-likeness (QED) is 0.448. The van der Waals surface area contributed by atoms with Gasteiger partial charge in [0.2, 0.25) is 5.60 Å². The van der Waals surface area contributed by atoms with Crippen molar-refractivity contribution in [3.63, 3.8) is 0 Å². The van der Waals surface area contributed by atoms with Gasteiger partial charge in [0, 0.05) is 23.5 Å². The molecule has 0 radical (unpaired) electrons. The summed E-state index contributed by atoms with van der Waals surface area (Å²) >= 11 is 0. The molecule has 3 aromatic rings. The molecule has 1 unspecified atom stereocenters. The number of fused-ring (bicyclic) bond motifs is 1. The molecule has 0 saturated carbocycles. The van der Waals surface area contributed by atoms with E-state index in [2.05, 4.69) is 16.5 Å². The standard InChI is InChI=1S/C27H25F4N3O4/c1-16-13-33-23(14-32-16)25(35)34-15-22(38-21-6-4-5-20(12-21)37-3)9-7-18-11-19(8-10-24(18)34)26(36,17(2)28)27(29,30)31/h4-6,8,10-14,22,36H,2,7,9,15H2,1,3H3/t22-,26?/m0/s1. The van der Waals surface area contributed by atoms with E-state index in [1.54, 1.807) is 31.2 Å². The van der Waals surface area contributed by atoms with Crippen molar-refractivity contribution in [2.24, 2.45) is 0 Å². The summed E-state index contributed by atoms with van der Waals surface area (Å²) < 4.78 is 66.5. The number of ether oxygens (including phenoxy) is 2. The fraction of sp³-hybridized carbons (Fsp3) is 0.296. The number of aryl methyl sites for hydroxylation is 2. The summed E-state index contributed by atoms with van der Waals surface area (Å²) in [5.74, 6) is -1.47. The largest absolute Gasteiger partial charge is 0.497 e. The molecule has 7 nitrogen and oxygen atoms in total. The Morgan fingerprint density at radius 3 is 2.50 bits per heavy atom. The van der Waals surface area contributed by atoms with Crippen LogP contribution in [0.3, 0.4) is 0 Å². The molecule has 0 bridgehead atoms. The number of anilines is 1. The number of alkyl halides is 3. The summed E-state index contributed by atoms with van der Waals surface area (Å²) in [5, 5.41) is 10.3. The van der Waals surface area contributed by atoms with Gasteiger partial charge in [-0.05, 0) is 43.5 Å². The lowest BCUT2D eigenvalue weighted by Gasteiger charge is -2.30. The van der Waals surface area contributed by atoms with Gasteiger partial charge in [-0.15, -0.1) is 0 Å². The Morgan fingerprint density at radius 1 is 1.13 bits per heavy atom. The highest BCUT2D eigenvalue weighted by atomic mass is 19.4.